The molecule has 0 saturated carbocycles. The molecule has 3 rings (SSSR count). The van der Waals surface area contributed by atoms with E-state index in [1.807, 2.05) is 0 Å². The lowest BCUT2D eigenvalue weighted by molar-refractivity contribution is -0.138. The first-order valence-corrected chi connectivity index (χ1v) is 10.8. The van der Waals surface area contributed by atoms with Gasteiger partial charge >= 0.3 is 12.4 Å². The normalized spacial score (nSPS) is 13.8. The fourth-order valence-corrected chi connectivity index (χ4v) is 3.76. The quantitative estimate of drug-likeness (QED) is 0.352. The van der Waals surface area contributed by atoms with Gasteiger partial charge in [0.2, 0.25) is 5.91 Å². The third kappa shape index (κ3) is 7.08. The van der Waals surface area contributed by atoms with Crippen LogP contribution in [0.2, 0.25) is 0 Å². The van der Waals surface area contributed by atoms with Gasteiger partial charge in [0, 0.05) is 13.1 Å². The van der Waals surface area contributed by atoms with Crippen LogP contribution in [0, 0.1) is 0 Å². The minimum atomic E-state index is -4.55. The van der Waals surface area contributed by atoms with Gasteiger partial charge in [-0.3, -0.25) is 10.1 Å². The summed E-state index contributed by atoms with van der Waals surface area (Å²) in [5.41, 5.74) is -0.0759. The Morgan fingerprint density at radius 1 is 0.771 bits per heavy atom. The van der Waals surface area contributed by atoms with Gasteiger partial charge in [-0.05, 0) is 53.8 Å². The summed E-state index contributed by atoms with van der Waals surface area (Å²) in [7, 11) is 1.46. The molecule has 3 aromatic carbocycles. The van der Waals surface area contributed by atoms with Crippen LogP contribution in [0.25, 0.3) is 0 Å². The highest BCUT2D eigenvalue weighted by molar-refractivity contribution is 5.83. The Morgan fingerprint density at radius 3 is 1.94 bits per heavy atom. The molecule has 3 nitrogen and oxygen atoms in total. The lowest BCUT2D eigenvalue weighted by Crippen LogP contribution is -2.38. The molecule has 0 aliphatic carbocycles. The predicted molar refractivity (Wildman–Crippen MR) is 120 cm³/mol. The fourth-order valence-electron chi connectivity index (χ4n) is 3.76. The van der Waals surface area contributed by atoms with Crippen LogP contribution in [0.1, 0.15) is 46.3 Å². The van der Waals surface area contributed by atoms with Crippen LogP contribution in [0.5, 0.6) is 0 Å². The number of amides is 1. The van der Waals surface area contributed by atoms with Gasteiger partial charge in [-0.1, -0.05) is 54.6 Å². The summed E-state index contributed by atoms with van der Waals surface area (Å²) in [6.07, 6.45) is -8.49. The lowest BCUT2D eigenvalue weighted by Gasteiger charge is -2.26. The van der Waals surface area contributed by atoms with Crippen molar-refractivity contribution in [2.45, 2.75) is 37.3 Å². The van der Waals surface area contributed by atoms with Crippen LogP contribution in [0.4, 0.5) is 26.3 Å². The molecule has 0 fully saturated rings. The van der Waals surface area contributed by atoms with E-state index >= 15 is 0 Å². The zero-order valence-electron chi connectivity index (χ0n) is 18.8. The first-order valence-electron chi connectivity index (χ1n) is 10.8. The summed E-state index contributed by atoms with van der Waals surface area (Å²) in [6.45, 7) is 0. The molecule has 35 heavy (non-hydrogen) atoms. The molecule has 0 spiro atoms. The Morgan fingerprint density at radius 2 is 1.37 bits per heavy atom. The van der Waals surface area contributed by atoms with E-state index in [4.69, 9.17) is 0 Å². The molecule has 0 saturated heterocycles. The number of hydrogen-bond acceptors (Lipinski definition) is 2. The van der Waals surface area contributed by atoms with Gasteiger partial charge in [-0.15, -0.1) is 0 Å². The average molecular weight is 494 g/mol. The van der Waals surface area contributed by atoms with Crippen molar-refractivity contribution in [3.63, 3.8) is 0 Å². The SMILES string of the molecule is CNC(=O)[C@H](N[C@H](CCc1ccc(C(F)(F)F)cc1)c1cccc(C(F)(F)F)c1)c1ccccc1. The minimum Gasteiger partial charge on any atom is -0.358 e. The highest BCUT2D eigenvalue weighted by Crippen LogP contribution is 2.33. The number of carbonyl (C=O) groups is 1. The number of aryl methyl sites for hydroxylation is 1. The van der Waals surface area contributed by atoms with E-state index in [0.717, 1.165) is 24.3 Å². The molecule has 0 unspecified atom stereocenters. The number of carbonyl (C=O) groups excluding carboxylic acids is 1. The molecule has 2 atom stereocenters. The van der Waals surface area contributed by atoms with Crippen molar-refractivity contribution < 1.29 is 31.1 Å². The summed E-state index contributed by atoms with van der Waals surface area (Å²) < 4.78 is 78.6. The van der Waals surface area contributed by atoms with Crippen molar-refractivity contribution in [1.82, 2.24) is 10.6 Å². The largest absolute Gasteiger partial charge is 0.416 e. The second-order valence-electron chi connectivity index (χ2n) is 8.03. The molecule has 0 aromatic heterocycles. The summed E-state index contributed by atoms with van der Waals surface area (Å²) in [5, 5.41) is 5.72. The molecule has 1 amide bonds. The third-order valence-electron chi connectivity index (χ3n) is 5.63. The zero-order valence-corrected chi connectivity index (χ0v) is 18.8. The number of nitrogens with one attached hydrogen (secondary N) is 2. The molecule has 0 heterocycles. The number of benzene rings is 3. The van der Waals surface area contributed by atoms with Gasteiger partial charge in [-0.2, -0.15) is 26.3 Å². The van der Waals surface area contributed by atoms with E-state index in [9.17, 15) is 31.1 Å². The fraction of sp³-hybridized carbons (Fsp3) is 0.269. The Hall–Kier alpha value is -3.33. The molecule has 0 radical (unpaired) electrons. The smallest absolute Gasteiger partial charge is 0.358 e. The number of alkyl halides is 6. The Balaban J connectivity index is 1.92. The third-order valence-corrected chi connectivity index (χ3v) is 5.63. The Bertz CT molecular complexity index is 1110. The number of likely N-dealkylation sites (N-methyl/N-ethyl adjacent to an activating group) is 1. The maximum absolute atomic E-state index is 13.4. The van der Waals surface area contributed by atoms with E-state index < -0.39 is 35.6 Å². The van der Waals surface area contributed by atoms with Crippen molar-refractivity contribution in [3.8, 4) is 0 Å². The Labute approximate surface area is 199 Å². The first-order chi connectivity index (χ1) is 16.5. The zero-order chi connectivity index (χ0) is 25.6. The standard InChI is InChI=1S/C26H24F6N2O/c1-33-24(35)23(18-6-3-2-4-7-18)34-22(19-8-5-9-21(16-19)26(30,31)32)15-12-17-10-13-20(14-11-17)25(27,28)29/h2-11,13-14,16,22-23,34H,12,15H2,1H3,(H,33,35)/t22-,23-/m1/s1. The summed E-state index contributed by atoms with van der Waals surface area (Å²) >= 11 is 0. The Kier molecular flexibility index (Phi) is 8.22. The molecular formula is C26H24F6N2O. The predicted octanol–water partition coefficient (Wildman–Crippen LogP) is 6.48. The average Bonchev–Trinajstić information content (AvgIpc) is 2.83. The molecule has 9 heteroatoms. The minimum absolute atomic E-state index is 0.243. The lowest BCUT2D eigenvalue weighted by atomic mass is 9.95. The van der Waals surface area contributed by atoms with Crippen molar-refractivity contribution in [1.29, 1.82) is 0 Å². The maximum Gasteiger partial charge on any atom is 0.416 e. The summed E-state index contributed by atoms with van der Waals surface area (Å²) in [5.74, 6) is -0.372. The van der Waals surface area contributed by atoms with Crippen molar-refractivity contribution >= 4 is 5.91 Å². The van der Waals surface area contributed by atoms with Crippen molar-refractivity contribution in [2.75, 3.05) is 7.05 Å². The van der Waals surface area contributed by atoms with Crippen LogP contribution in [-0.2, 0) is 23.6 Å². The molecule has 0 bridgehead atoms. The van der Waals surface area contributed by atoms with Crippen LogP contribution in [0.3, 0.4) is 0 Å². The van der Waals surface area contributed by atoms with E-state index in [0.29, 0.717) is 16.7 Å². The van der Waals surface area contributed by atoms with Gasteiger partial charge < -0.3 is 5.32 Å². The van der Waals surface area contributed by atoms with Gasteiger partial charge in [0.1, 0.15) is 6.04 Å². The van der Waals surface area contributed by atoms with Crippen LogP contribution < -0.4 is 10.6 Å². The molecule has 0 aliphatic heterocycles. The first kappa shape index (κ1) is 26.3. The topological polar surface area (TPSA) is 41.1 Å². The van der Waals surface area contributed by atoms with Gasteiger partial charge in [0.15, 0.2) is 0 Å². The van der Waals surface area contributed by atoms with E-state index in [-0.39, 0.29) is 18.7 Å². The number of rotatable bonds is 8. The van der Waals surface area contributed by atoms with Crippen LogP contribution in [-0.4, -0.2) is 13.0 Å². The van der Waals surface area contributed by atoms with Gasteiger partial charge in [-0.25, -0.2) is 0 Å². The molecule has 0 aliphatic rings. The summed E-state index contributed by atoms with van der Waals surface area (Å²) in [6, 6.07) is 16.6. The monoisotopic (exact) mass is 494 g/mol. The van der Waals surface area contributed by atoms with Gasteiger partial charge in [0.25, 0.3) is 0 Å². The summed E-state index contributed by atoms with van der Waals surface area (Å²) in [4.78, 5) is 12.7. The van der Waals surface area contributed by atoms with Crippen molar-refractivity contribution in [3.05, 3.63) is 107 Å². The van der Waals surface area contributed by atoms with Crippen LogP contribution in [0.15, 0.2) is 78.9 Å². The molecule has 3 aromatic rings. The van der Waals surface area contributed by atoms with E-state index in [1.54, 1.807) is 30.3 Å². The molecule has 186 valence electrons. The molecule has 2 N–H and O–H groups in total. The highest BCUT2D eigenvalue weighted by atomic mass is 19.4. The second kappa shape index (κ2) is 10.9. The van der Waals surface area contributed by atoms with Crippen LogP contribution >= 0.6 is 0 Å². The van der Waals surface area contributed by atoms with E-state index in [2.05, 4.69) is 10.6 Å². The number of halogens is 6. The van der Waals surface area contributed by atoms with E-state index in [1.165, 1.54) is 31.3 Å². The molecular weight excluding hydrogens is 470 g/mol. The van der Waals surface area contributed by atoms with Gasteiger partial charge in [0.05, 0.1) is 11.1 Å². The van der Waals surface area contributed by atoms with Crippen molar-refractivity contribution in [2.24, 2.45) is 0 Å². The maximum atomic E-state index is 13.4. The number of hydrogen-bond donors (Lipinski definition) is 2. The highest BCUT2D eigenvalue weighted by Gasteiger charge is 2.32. The second-order valence-corrected chi connectivity index (χ2v) is 8.03.